The lowest BCUT2D eigenvalue weighted by atomic mass is 9.75. The second kappa shape index (κ2) is 29.6. The van der Waals surface area contributed by atoms with Gasteiger partial charge >= 0.3 is 77.6 Å². The van der Waals surface area contributed by atoms with Gasteiger partial charge in [-0.2, -0.15) is 0 Å². The summed E-state index contributed by atoms with van der Waals surface area (Å²) in [7, 11) is 0. The number of benzene rings is 6. The third-order valence-electron chi connectivity index (χ3n) is 15.1. The monoisotopic (exact) mass is 1410 g/mol. The molecular formula is C71H62O31. The third kappa shape index (κ3) is 16.0. The molecule has 4 heterocycles. The van der Waals surface area contributed by atoms with Gasteiger partial charge in [-0.1, -0.05) is 18.2 Å². The predicted molar refractivity (Wildman–Crippen MR) is 337 cm³/mol. The second-order valence-electron chi connectivity index (χ2n) is 23.1. The Morgan fingerprint density at radius 3 is 0.990 bits per heavy atom. The molecule has 0 aliphatic carbocycles. The Morgan fingerprint density at radius 2 is 0.588 bits per heavy atom. The van der Waals surface area contributed by atoms with Crippen LogP contribution in [0.5, 0.6) is 86.2 Å². The molecule has 0 saturated carbocycles. The average Bonchev–Trinajstić information content (AvgIpc) is 0.701. The van der Waals surface area contributed by atoms with Gasteiger partial charge in [0.15, 0.2) is 71.1 Å². The van der Waals surface area contributed by atoms with E-state index in [2.05, 4.69) is 0 Å². The first-order chi connectivity index (χ1) is 48.2. The van der Waals surface area contributed by atoms with Gasteiger partial charge in [0.05, 0.1) is 17.0 Å². The zero-order valence-electron chi connectivity index (χ0n) is 56.4. The van der Waals surface area contributed by atoms with Crippen molar-refractivity contribution in [3.63, 3.8) is 0 Å². The van der Waals surface area contributed by atoms with Crippen molar-refractivity contribution in [2.75, 3.05) is 0 Å². The van der Waals surface area contributed by atoms with Crippen molar-refractivity contribution < 1.29 is 148 Å². The van der Waals surface area contributed by atoms with Crippen LogP contribution >= 0.6 is 0 Å². The Balaban J connectivity index is 1.34. The summed E-state index contributed by atoms with van der Waals surface area (Å²) < 4.78 is 110. The van der Waals surface area contributed by atoms with Gasteiger partial charge in [-0.25, -0.2) is 0 Å². The van der Waals surface area contributed by atoms with Gasteiger partial charge in [0, 0.05) is 148 Å². The molecule has 0 spiro atoms. The highest BCUT2D eigenvalue weighted by Crippen LogP contribution is 2.65. The molecule has 6 aromatic carbocycles. The van der Waals surface area contributed by atoms with Crippen LogP contribution in [0.1, 0.15) is 165 Å². The molecule has 0 fully saturated rings. The number of hydrogen-bond donors (Lipinski definition) is 0. The van der Waals surface area contributed by atoms with E-state index in [9.17, 15) is 62.3 Å². The zero-order valence-corrected chi connectivity index (χ0v) is 56.4. The number of carbonyl (C=O) groups is 13. The SMILES string of the molecule is CC(=O)Oc1cc2c3c(c1)O[C@@H](c1ccc(OC(C)=O)c(OC(C)=O)c1)[C@@H](OC(C)=O)[C@H]3c1c(cc(OC(C)=O)c3c1O[C@@H](c1ccc(OC(C)=O)c(OC(C)=O)c1)[C@@H](OC(C)=O)[C@@H]3O[C@H]1c3c(OC(C)=O)cc(OC(C)=O)cc3O[C@H](c3ccc(OC(C)=O)c(OC(C)=O)c3)[C@H]1OC(C)=O)O2. The minimum atomic E-state index is -2.08. The summed E-state index contributed by atoms with van der Waals surface area (Å²) in [5.41, 5.74) is -0.791. The number of rotatable bonds is 18. The first-order valence-electron chi connectivity index (χ1n) is 30.9. The van der Waals surface area contributed by atoms with Crippen molar-refractivity contribution in [1.82, 2.24) is 0 Å². The van der Waals surface area contributed by atoms with Crippen LogP contribution in [0.3, 0.4) is 0 Å². The van der Waals surface area contributed by atoms with Gasteiger partial charge in [-0.3, -0.25) is 62.3 Å². The van der Waals surface area contributed by atoms with E-state index in [0.717, 1.165) is 96.1 Å². The van der Waals surface area contributed by atoms with Crippen LogP contribution in [0, 0.1) is 0 Å². The summed E-state index contributed by atoms with van der Waals surface area (Å²) >= 11 is 0. The maximum Gasteiger partial charge on any atom is 0.308 e. The standard InChI is InChI=1S/C71H62O31/c1-28(72)85-44-23-52-58-53(24-44)99-63(41-14-17-46(87-30(3)74)49(20-41)90-33(6)77)69(95-38(11)82)62(58)60-56(98-52)27-57(94-37(10)81)61-66(60)101-65(43-16-19-48(89-32(5)76)51(22-43)92-35(8)79)71(97-40(13)84)68(61)102-67-59-54(93-36(9)80)25-45(86-29(2)73)26-55(59)100-64(70(67)96-39(12)83)42-15-18-47(88-31(4)75)50(21-42)91-34(7)78/h14-27,62-65,67-71H,1-13H3/t62-,63+,64-,65+,67+,68-,69+,70-,71-/m1/s1. The quantitative estimate of drug-likeness (QED) is 0.0439. The van der Waals surface area contributed by atoms with Crippen LogP contribution in [0.25, 0.3) is 0 Å². The van der Waals surface area contributed by atoms with Gasteiger partial charge in [0.1, 0.15) is 64.0 Å². The molecule has 6 aromatic rings. The van der Waals surface area contributed by atoms with Gasteiger partial charge in [0.2, 0.25) is 0 Å². The zero-order chi connectivity index (χ0) is 74.0. The van der Waals surface area contributed by atoms with Gasteiger partial charge in [-0.15, -0.1) is 0 Å². The number of carbonyl (C=O) groups excluding carboxylic acids is 13. The van der Waals surface area contributed by atoms with E-state index >= 15 is 0 Å². The summed E-state index contributed by atoms with van der Waals surface area (Å²) in [5, 5.41) is 0. The van der Waals surface area contributed by atoms with Gasteiger partial charge < -0.3 is 85.3 Å². The first kappa shape index (κ1) is 72.3. The fourth-order valence-electron chi connectivity index (χ4n) is 12.1. The third-order valence-corrected chi connectivity index (χ3v) is 15.1. The molecule has 532 valence electrons. The van der Waals surface area contributed by atoms with Crippen molar-refractivity contribution in [2.45, 2.75) is 145 Å². The fourth-order valence-corrected chi connectivity index (χ4v) is 12.1. The minimum absolute atomic E-state index is 0.0306. The topological polar surface area (TPSA) is 388 Å². The number of ether oxygens (including phenoxy) is 18. The highest BCUT2D eigenvalue weighted by Gasteiger charge is 2.56. The van der Waals surface area contributed by atoms with Crippen LogP contribution < -0.4 is 66.3 Å². The van der Waals surface area contributed by atoms with Crippen molar-refractivity contribution >= 4 is 77.6 Å². The molecule has 4 aliphatic heterocycles. The van der Waals surface area contributed by atoms with E-state index in [1.807, 2.05) is 0 Å². The van der Waals surface area contributed by atoms with Crippen LogP contribution in [-0.4, -0.2) is 95.9 Å². The largest absolute Gasteiger partial charge is 0.481 e. The Morgan fingerprint density at radius 1 is 0.275 bits per heavy atom. The maximum absolute atomic E-state index is 14.2. The summed E-state index contributed by atoms with van der Waals surface area (Å²) in [5.74, 6) is -18.0. The van der Waals surface area contributed by atoms with Crippen molar-refractivity contribution in [2.24, 2.45) is 0 Å². The van der Waals surface area contributed by atoms with Crippen LogP contribution in [-0.2, 0) is 81.3 Å². The molecule has 10 rings (SSSR count). The molecule has 31 nitrogen and oxygen atoms in total. The van der Waals surface area contributed by atoms with Crippen LogP contribution in [0.15, 0.2) is 84.9 Å². The summed E-state index contributed by atoms with van der Waals surface area (Å²) in [6.45, 7) is 13.7. The van der Waals surface area contributed by atoms with Gasteiger partial charge in [0.25, 0.3) is 0 Å². The second-order valence-corrected chi connectivity index (χ2v) is 23.1. The molecule has 0 amide bonds. The van der Waals surface area contributed by atoms with E-state index in [4.69, 9.17) is 85.3 Å². The lowest BCUT2D eigenvalue weighted by molar-refractivity contribution is -0.204. The highest BCUT2D eigenvalue weighted by molar-refractivity contribution is 5.80. The van der Waals surface area contributed by atoms with Gasteiger partial charge in [-0.05, 0) is 36.4 Å². The average molecular weight is 1410 g/mol. The van der Waals surface area contributed by atoms with E-state index in [0.29, 0.717) is 0 Å². The van der Waals surface area contributed by atoms with E-state index in [-0.39, 0.29) is 102 Å². The molecule has 4 aliphatic rings. The normalized spacial score (nSPS) is 19.2. The predicted octanol–water partition coefficient (Wildman–Crippen LogP) is 9.17. The minimum Gasteiger partial charge on any atom is -0.481 e. The molecule has 0 unspecified atom stereocenters. The maximum atomic E-state index is 14.2. The Kier molecular flexibility index (Phi) is 21.0. The summed E-state index contributed by atoms with van der Waals surface area (Å²) in [6, 6.07) is 17.5. The summed E-state index contributed by atoms with van der Waals surface area (Å²) in [6.07, 6.45) is -14.7. The van der Waals surface area contributed by atoms with Crippen molar-refractivity contribution in [1.29, 1.82) is 0 Å². The van der Waals surface area contributed by atoms with E-state index in [1.165, 1.54) is 78.9 Å². The Bertz CT molecular complexity index is 4540. The smallest absolute Gasteiger partial charge is 0.308 e. The Hall–Kier alpha value is -12.4. The molecule has 31 heteroatoms. The molecule has 0 N–H and O–H groups in total. The summed E-state index contributed by atoms with van der Waals surface area (Å²) in [4.78, 5) is 171. The molecule has 0 saturated heterocycles. The number of esters is 13. The number of hydrogen-bond acceptors (Lipinski definition) is 31. The van der Waals surface area contributed by atoms with Crippen molar-refractivity contribution in [3.05, 3.63) is 124 Å². The van der Waals surface area contributed by atoms with E-state index < -0.39 is 155 Å². The highest BCUT2D eigenvalue weighted by atomic mass is 16.6. The molecule has 0 bridgehead atoms. The molecule has 0 radical (unpaired) electrons. The molecule has 102 heavy (non-hydrogen) atoms. The Labute approximate surface area is 578 Å². The molecule has 9 atom stereocenters. The fraction of sp³-hybridized carbons (Fsp3) is 0.310. The lowest BCUT2D eigenvalue weighted by Crippen LogP contribution is -2.45. The van der Waals surface area contributed by atoms with E-state index in [1.54, 1.807) is 0 Å². The number of fused-ring (bicyclic) bond motifs is 5. The lowest BCUT2D eigenvalue weighted by Gasteiger charge is -2.47. The van der Waals surface area contributed by atoms with Crippen LogP contribution in [0.2, 0.25) is 0 Å². The van der Waals surface area contributed by atoms with Crippen LogP contribution in [0.4, 0.5) is 0 Å². The van der Waals surface area contributed by atoms with Crippen molar-refractivity contribution in [3.8, 4) is 86.2 Å². The molecule has 0 aromatic heterocycles. The first-order valence-corrected chi connectivity index (χ1v) is 30.9. The molecular weight excluding hydrogens is 1350 g/mol.